The second-order valence-electron chi connectivity index (χ2n) is 6.47. The molecule has 0 saturated carbocycles. The zero-order chi connectivity index (χ0) is 18.7. The molecule has 0 unspecified atom stereocenters. The van der Waals surface area contributed by atoms with Crippen LogP contribution >= 0.6 is 0 Å². The van der Waals surface area contributed by atoms with Gasteiger partial charge in [-0.1, -0.05) is 30.3 Å². The second-order valence-corrected chi connectivity index (χ2v) is 8.70. The number of carbonyl (C=O) groups is 1. The number of carbonyl (C=O) groups excluding carboxylic acids is 1. The molecule has 3 rings (SSSR count). The van der Waals surface area contributed by atoms with Gasteiger partial charge in [0.15, 0.2) is 0 Å². The summed E-state index contributed by atoms with van der Waals surface area (Å²) in [5.74, 6) is -0.686. The van der Waals surface area contributed by atoms with E-state index in [0.29, 0.717) is 24.6 Å². The lowest BCUT2D eigenvalue weighted by molar-refractivity contribution is 0.0921. The van der Waals surface area contributed by atoms with E-state index in [2.05, 4.69) is 15.5 Å². The zero-order valence-corrected chi connectivity index (χ0v) is 15.5. The number of nitrogens with zero attached hydrogens (tertiary/aromatic N) is 2. The molecular weight excluding hydrogens is 356 g/mol. The summed E-state index contributed by atoms with van der Waals surface area (Å²) in [4.78, 5) is 12.5. The third-order valence-corrected chi connectivity index (χ3v) is 6.35. The van der Waals surface area contributed by atoms with Gasteiger partial charge in [0.1, 0.15) is 5.69 Å². The summed E-state index contributed by atoms with van der Waals surface area (Å²) >= 11 is 0. The Kier molecular flexibility index (Phi) is 5.40. The molecule has 140 valence electrons. The topological polar surface area (TPSA) is 104 Å². The molecule has 1 aliphatic heterocycles. The molecule has 1 aromatic heterocycles. The van der Waals surface area contributed by atoms with Gasteiger partial charge in [-0.25, -0.2) is 12.7 Å². The van der Waals surface area contributed by atoms with Crippen molar-refractivity contribution in [1.82, 2.24) is 19.8 Å². The lowest BCUT2D eigenvalue weighted by Gasteiger charge is -2.20. The molecule has 0 aliphatic carbocycles. The van der Waals surface area contributed by atoms with Gasteiger partial charge < -0.3 is 10.1 Å². The second kappa shape index (κ2) is 7.56. The van der Waals surface area contributed by atoms with Crippen LogP contribution in [0.4, 0.5) is 0 Å². The van der Waals surface area contributed by atoms with Gasteiger partial charge in [0.2, 0.25) is 10.0 Å². The Morgan fingerprint density at radius 2 is 2.04 bits per heavy atom. The van der Waals surface area contributed by atoms with E-state index in [1.165, 1.54) is 18.4 Å². The van der Waals surface area contributed by atoms with Gasteiger partial charge in [0.05, 0.1) is 30.7 Å². The number of nitrogens with one attached hydrogen (secondary N) is 2. The number of hydrogen-bond donors (Lipinski definition) is 2. The van der Waals surface area contributed by atoms with E-state index in [4.69, 9.17) is 4.74 Å². The SMILES string of the molecule is CN(C)S(=O)(=O)C[C@@H]1COC[C@@H]1NC(=O)c1cc(-c2ccccc2)n[nH]1. The van der Waals surface area contributed by atoms with Gasteiger partial charge in [-0.15, -0.1) is 0 Å². The lowest BCUT2D eigenvalue weighted by Crippen LogP contribution is -2.43. The standard InChI is InChI=1S/C17H22N4O4S/c1-21(2)26(23,24)11-13-9-25-10-16(13)18-17(22)15-8-14(19-20-15)12-6-4-3-5-7-12/h3-8,13,16H,9-11H2,1-2H3,(H,18,22)(H,19,20)/t13-,16-/m0/s1. The number of sulfonamides is 1. The van der Waals surface area contributed by atoms with Crippen LogP contribution in [0.2, 0.25) is 0 Å². The molecule has 2 aromatic rings. The fourth-order valence-electron chi connectivity index (χ4n) is 2.78. The molecule has 1 aromatic carbocycles. The van der Waals surface area contributed by atoms with E-state index < -0.39 is 10.0 Å². The maximum atomic E-state index is 12.5. The van der Waals surface area contributed by atoms with E-state index in [1.807, 2.05) is 30.3 Å². The third kappa shape index (κ3) is 4.12. The Bertz CT molecular complexity index is 864. The summed E-state index contributed by atoms with van der Waals surface area (Å²) in [6, 6.07) is 10.8. The maximum absolute atomic E-state index is 12.5. The minimum Gasteiger partial charge on any atom is -0.379 e. The van der Waals surface area contributed by atoms with Crippen LogP contribution in [0.15, 0.2) is 36.4 Å². The first-order valence-electron chi connectivity index (χ1n) is 8.26. The molecule has 2 atom stereocenters. The van der Waals surface area contributed by atoms with Crippen molar-refractivity contribution in [2.45, 2.75) is 6.04 Å². The number of amides is 1. The van der Waals surface area contributed by atoms with E-state index in [1.54, 1.807) is 6.07 Å². The number of aromatic nitrogens is 2. The van der Waals surface area contributed by atoms with Crippen molar-refractivity contribution in [3.63, 3.8) is 0 Å². The Hall–Kier alpha value is -2.23. The molecule has 2 N–H and O–H groups in total. The van der Waals surface area contributed by atoms with Crippen molar-refractivity contribution in [1.29, 1.82) is 0 Å². The summed E-state index contributed by atoms with van der Waals surface area (Å²) in [6.45, 7) is 0.593. The van der Waals surface area contributed by atoms with Gasteiger partial charge in [0.25, 0.3) is 5.91 Å². The van der Waals surface area contributed by atoms with Crippen molar-refractivity contribution >= 4 is 15.9 Å². The summed E-state index contributed by atoms with van der Waals surface area (Å²) in [6.07, 6.45) is 0. The number of ether oxygens (including phenoxy) is 1. The fourth-order valence-corrected chi connectivity index (χ4v) is 3.95. The number of hydrogen-bond acceptors (Lipinski definition) is 5. The number of rotatable bonds is 6. The van der Waals surface area contributed by atoms with Crippen molar-refractivity contribution < 1.29 is 17.9 Å². The van der Waals surface area contributed by atoms with Gasteiger partial charge >= 0.3 is 0 Å². The van der Waals surface area contributed by atoms with Crippen molar-refractivity contribution in [2.24, 2.45) is 5.92 Å². The quantitative estimate of drug-likeness (QED) is 0.770. The Morgan fingerprint density at radius 3 is 2.73 bits per heavy atom. The molecule has 26 heavy (non-hydrogen) atoms. The van der Waals surface area contributed by atoms with Crippen LogP contribution < -0.4 is 5.32 Å². The lowest BCUT2D eigenvalue weighted by atomic mass is 10.1. The Balaban J connectivity index is 1.67. The minimum absolute atomic E-state index is 0.0663. The zero-order valence-electron chi connectivity index (χ0n) is 14.7. The molecule has 1 saturated heterocycles. The number of benzene rings is 1. The van der Waals surface area contributed by atoms with Crippen molar-refractivity contribution in [3.05, 3.63) is 42.1 Å². The highest BCUT2D eigenvalue weighted by Crippen LogP contribution is 2.19. The van der Waals surface area contributed by atoms with Crippen LogP contribution in [0.25, 0.3) is 11.3 Å². The molecule has 1 fully saturated rings. The highest BCUT2D eigenvalue weighted by molar-refractivity contribution is 7.89. The van der Waals surface area contributed by atoms with E-state index in [-0.39, 0.29) is 23.6 Å². The molecule has 2 heterocycles. The third-order valence-electron chi connectivity index (χ3n) is 4.39. The average molecular weight is 378 g/mol. The number of H-pyrrole nitrogens is 1. The van der Waals surface area contributed by atoms with Gasteiger partial charge in [-0.3, -0.25) is 9.89 Å². The van der Waals surface area contributed by atoms with Gasteiger partial charge in [-0.2, -0.15) is 5.10 Å². The van der Waals surface area contributed by atoms with Crippen molar-refractivity contribution in [3.8, 4) is 11.3 Å². The van der Waals surface area contributed by atoms with Crippen LogP contribution in [0.5, 0.6) is 0 Å². The van der Waals surface area contributed by atoms with E-state index >= 15 is 0 Å². The Labute approximate surface area is 152 Å². The summed E-state index contributed by atoms with van der Waals surface area (Å²) in [7, 11) is -0.376. The predicted molar refractivity (Wildman–Crippen MR) is 97.1 cm³/mol. The van der Waals surface area contributed by atoms with Crippen LogP contribution in [-0.4, -0.2) is 67.9 Å². The van der Waals surface area contributed by atoms with Crippen molar-refractivity contribution in [2.75, 3.05) is 33.1 Å². The first-order valence-corrected chi connectivity index (χ1v) is 9.87. The predicted octanol–water partition coefficient (Wildman–Crippen LogP) is 0.713. The summed E-state index contributed by atoms with van der Waals surface area (Å²) in [5, 5.41) is 9.75. The highest BCUT2D eigenvalue weighted by atomic mass is 32.2. The smallest absolute Gasteiger partial charge is 0.269 e. The van der Waals surface area contributed by atoms with Crippen LogP contribution in [0.3, 0.4) is 0 Å². The normalized spacial score (nSPS) is 20.4. The molecule has 0 bridgehead atoms. The largest absolute Gasteiger partial charge is 0.379 e. The molecular formula is C17H22N4O4S. The molecule has 0 radical (unpaired) electrons. The monoisotopic (exact) mass is 378 g/mol. The molecule has 0 spiro atoms. The van der Waals surface area contributed by atoms with E-state index in [0.717, 1.165) is 5.56 Å². The summed E-state index contributed by atoms with van der Waals surface area (Å²) < 4.78 is 30.7. The molecule has 9 heteroatoms. The first-order chi connectivity index (χ1) is 12.4. The highest BCUT2D eigenvalue weighted by Gasteiger charge is 2.34. The maximum Gasteiger partial charge on any atom is 0.269 e. The van der Waals surface area contributed by atoms with Gasteiger partial charge in [0, 0.05) is 25.6 Å². The molecule has 1 amide bonds. The van der Waals surface area contributed by atoms with Crippen LogP contribution in [0.1, 0.15) is 10.5 Å². The minimum atomic E-state index is -3.37. The van der Waals surface area contributed by atoms with Gasteiger partial charge in [-0.05, 0) is 6.07 Å². The van der Waals surface area contributed by atoms with Crippen LogP contribution in [0, 0.1) is 5.92 Å². The molecule has 1 aliphatic rings. The first kappa shape index (κ1) is 18.6. The Morgan fingerprint density at radius 1 is 1.31 bits per heavy atom. The van der Waals surface area contributed by atoms with E-state index in [9.17, 15) is 13.2 Å². The molecule has 8 nitrogen and oxygen atoms in total. The summed E-state index contributed by atoms with van der Waals surface area (Å²) in [5.41, 5.74) is 1.90. The van der Waals surface area contributed by atoms with Crippen LogP contribution in [-0.2, 0) is 14.8 Å². The fraction of sp³-hybridized carbons (Fsp3) is 0.412. The number of aromatic amines is 1. The average Bonchev–Trinajstić information content (AvgIpc) is 3.25.